The molecule has 0 amide bonds. The molecule has 6 heteroatoms. The maximum absolute atomic E-state index is 11.4. The first-order valence-electron chi connectivity index (χ1n) is 4.76. The number of carbonyl (C=O) groups excluding carboxylic acids is 1. The molecule has 0 saturated carbocycles. The van der Waals surface area contributed by atoms with Crippen molar-refractivity contribution < 1.29 is 9.53 Å². The van der Waals surface area contributed by atoms with Gasteiger partial charge in [0.25, 0.3) is 0 Å². The van der Waals surface area contributed by atoms with Crippen LogP contribution in [0.2, 0.25) is 0 Å². The number of benzene rings is 1. The van der Waals surface area contributed by atoms with Crippen molar-refractivity contribution in [2.45, 2.75) is 0 Å². The number of hydrogen-bond acceptors (Lipinski definition) is 5. The van der Waals surface area contributed by atoms with Gasteiger partial charge < -0.3 is 9.46 Å². The van der Waals surface area contributed by atoms with Crippen LogP contribution in [0.3, 0.4) is 0 Å². The maximum atomic E-state index is 11.4. The molecule has 0 unspecified atom stereocenters. The van der Waals surface area contributed by atoms with E-state index in [1.54, 1.807) is 6.08 Å². The van der Waals surface area contributed by atoms with Crippen molar-refractivity contribution in [1.29, 1.82) is 0 Å². The molecular weight excluding hydrogens is 304 g/mol. The SMILES string of the molecule is COC(=O)C1=CC(c2cccc(Br)c2)=NSN1. The second-order valence-electron chi connectivity index (χ2n) is 3.23. The van der Waals surface area contributed by atoms with Gasteiger partial charge in [0, 0.05) is 10.0 Å². The number of halogens is 1. The van der Waals surface area contributed by atoms with Gasteiger partial charge in [0.05, 0.1) is 25.0 Å². The molecule has 88 valence electrons. The maximum Gasteiger partial charge on any atom is 0.355 e. The number of nitrogens with zero attached hydrogens (tertiary/aromatic N) is 1. The van der Waals surface area contributed by atoms with E-state index in [9.17, 15) is 4.79 Å². The molecule has 0 saturated heterocycles. The Labute approximate surface area is 112 Å². The van der Waals surface area contributed by atoms with E-state index >= 15 is 0 Å². The molecule has 4 nitrogen and oxygen atoms in total. The minimum Gasteiger partial charge on any atom is -0.464 e. The number of esters is 1. The Kier molecular flexibility index (Phi) is 3.86. The summed E-state index contributed by atoms with van der Waals surface area (Å²) in [5, 5.41) is 0. The molecule has 1 aliphatic heterocycles. The lowest BCUT2D eigenvalue weighted by Gasteiger charge is -2.12. The van der Waals surface area contributed by atoms with E-state index < -0.39 is 5.97 Å². The highest BCUT2D eigenvalue weighted by Crippen LogP contribution is 2.18. The predicted molar refractivity (Wildman–Crippen MR) is 71.5 cm³/mol. The quantitative estimate of drug-likeness (QED) is 0.673. The zero-order valence-electron chi connectivity index (χ0n) is 8.94. The van der Waals surface area contributed by atoms with Crippen LogP contribution in [0.4, 0.5) is 0 Å². The lowest BCUT2D eigenvalue weighted by atomic mass is 10.1. The van der Waals surface area contributed by atoms with Gasteiger partial charge in [-0.3, -0.25) is 0 Å². The van der Waals surface area contributed by atoms with Gasteiger partial charge in [-0.05, 0) is 18.2 Å². The molecule has 1 heterocycles. The number of nitrogens with one attached hydrogen (secondary N) is 1. The number of carbonyl (C=O) groups is 1. The molecule has 0 fully saturated rings. The molecule has 2 rings (SSSR count). The summed E-state index contributed by atoms with van der Waals surface area (Å²) in [6, 6.07) is 7.72. The second kappa shape index (κ2) is 5.37. The van der Waals surface area contributed by atoms with Gasteiger partial charge in [0.2, 0.25) is 0 Å². The molecular formula is C11H9BrN2O2S. The van der Waals surface area contributed by atoms with Gasteiger partial charge in [-0.15, -0.1) is 0 Å². The fraction of sp³-hybridized carbons (Fsp3) is 0.0909. The van der Waals surface area contributed by atoms with Crippen molar-refractivity contribution >= 4 is 39.7 Å². The number of rotatable bonds is 2. The van der Waals surface area contributed by atoms with E-state index in [2.05, 4.69) is 29.8 Å². The Hall–Kier alpha value is -1.27. The van der Waals surface area contributed by atoms with E-state index in [1.807, 2.05) is 24.3 Å². The van der Waals surface area contributed by atoms with Crippen molar-refractivity contribution in [3.63, 3.8) is 0 Å². The molecule has 0 aliphatic carbocycles. The number of hydrogen-bond donors (Lipinski definition) is 1. The van der Waals surface area contributed by atoms with Crippen LogP contribution in [0.5, 0.6) is 0 Å². The first-order chi connectivity index (χ1) is 8.20. The second-order valence-corrected chi connectivity index (χ2v) is 4.71. The summed E-state index contributed by atoms with van der Waals surface area (Å²) >= 11 is 4.51. The van der Waals surface area contributed by atoms with Crippen LogP contribution < -0.4 is 4.72 Å². The normalized spacial score (nSPS) is 14.5. The molecule has 1 aromatic rings. The molecule has 0 spiro atoms. The Morgan fingerprint density at radius 3 is 3.06 bits per heavy atom. The Bertz CT molecular complexity index is 514. The van der Waals surface area contributed by atoms with Gasteiger partial charge in [-0.25, -0.2) is 4.79 Å². The Morgan fingerprint density at radius 2 is 2.35 bits per heavy atom. The summed E-state index contributed by atoms with van der Waals surface area (Å²) in [6.45, 7) is 0. The Balaban J connectivity index is 2.31. The first kappa shape index (κ1) is 12.2. The number of ether oxygens (including phenoxy) is 1. The van der Waals surface area contributed by atoms with Crippen LogP contribution in [0.25, 0.3) is 0 Å². The van der Waals surface area contributed by atoms with E-state index in [1.165, 1.54) is 7.11 Å². The summed E-state index contributed by atoms with van der Waals surface area (Å²) < 4.78 is 12.6. The van der Waals surface area contributed by atoms with Crippen molar-refractivity contribution in [1.82, 2.24) is 4.72 Å². The predicted octanol–water partition coefficient (Wildman–Crippen LogP) is 2.46. The smallest absolute Gasteiger partial charge is 0.355 e. The summed E-state index contributed by atoms with van der Waals surface area (Å²) in [5.41, 5.74) is 2.06. The minimum atomic E-state index is -0.403. The minimum absolute atomic E-state index is 0.391. The fourth-order valence-corrected chi connectivity index (χ4v) is 2.25. The molecule has 1 aromatic carbocycles. The zero-order chi connectivity index (χ0) is 12.3. The molecule has 0 aromatic heterocycles. The van der Waals surface area contributed by atoms with Crippen molar-refractivity contribution in [3.05, 3.63) is 46.1 Å². The number of allylic oxidation sites excluding steroid dienone is 1. The molecule has 0 atom stereocenters. The summed E-state index contributed by atoms with van der Waals surface area (Å²) in [4.78, 5) is 11.4. The zero-order valence-corrected chi connectivity index (χ0v) is 11.3. The van der Waals surface area contributed by atoms with Crippen molar-refractivity contribution in [2.75, 3.05) is 7.11 Å². The summed E-state index contributed by atoms with van der Waals surface area (Å²) in [7, 11) is 1.35. The first-order valence-corrected chi connectivity index (χ1v) is 6.33. The van der Waals surface area contributed by atoms with Crippen molar-refractivity contribution in [2.24, 2.45) is 4.40 Å². The average Bonchev–Trinajstić information content (AvgIpc) is 2.38. The molecule has 0 bridgehead atoms. The summed E-state index contributed by atoms with van der Waals surface area (Å²) in [6.07, 6.45) is 1.67. The lowest BCUT2D eigenvalue weighted by molar-refractivity contribution is -0.136. The third kappa shape index (κ3) is 2.89. The largest absolute Gasteiger partial charge is 0.464 e. The fourth-order valence-electron chi connectivity index (χ4n) is 1.31. The standard InChI is InChI=1S/C11H9BrN2O2S/c1-16-11(15)10-6-9(13-17-14-10)7-3-2-4-8(12)5-7/h2-6,14H,1H3. The topological polar surface area (TPSA) is 50.7 Å². The van der Waals surface area contributed by atoms with Crippen LogP contribution in [0.1, 0.15) is 5.56 Å². The third-order valence-corrected chi connectivity index (χ3v) is 3.20. The highest BCUT2D eigenvalue weighted by Gasteiger charge is 2.15. The monoisotopic (exact) mass is 312 g/mol. The van der Waals surface area contributed by atoms with Gasteiger partial charge in [0.15, 0.2) is 0 Å². The van der Waals surface area contributed by atoms with Crippen LogP contribution in [-0.4, -0.2) is 18.8 Å². The molecule has 1 N–H and O–H groups in total. The molecule has 1 aliphatic rings. The van der Waals surface area contributed by atoms with Gasteiger partial charge >= 0.3 is 5.97 Å². The van der Waals surface area contributed by atoms with Crippen LogP contribution in [-0.2, 0) is 9.53 Å². The van der Waals surface area contributed by atoms with Gasteiger partial charge in [0.1, 0.15) is 5.70 Å². The van der Waals surface area contributed by atoms with Gasteiger partial charge in [-0.1, -0.05) is 28.1 Å². The number of methoxy groups -OCH3 is 1. The lowest BCUT2D eigenvalue weighted by Crippen LogP contribution is -2.20. The highest BCUT2D eigenvalue weighted by atomic mass is 79.9. The molecule has 17 heavy (non-hydrogen) atoms. The Morgan fingerprint density at radius 1 is 1.53 bits per heavy atom. The van der Waals surface area contributed by atoms with Crippen LogP contribution in [0, 0.1) is 0 Å². The van der Waals surface area contributed by atoms with Gasteiger partial charge in [-0.2, -0.15) is 4.40 Å². The van der Waals surface area contributed by atoms with E-state index in [0.29, 0.717) is 5.70 Å². The van der Waals surface area contributed by atoms with Crippen molar-refractivity contribution in [3.8, 4) is 0 Å². The van der Waals surface area contributed by atoms with Crippen LogP contribution >= 0.6 is 28.1 Å². The summed E-state index contributed by atoms with van der Waals surface area (Å²) in [5.74, 6) is -0.403. The van der Waals surface area contributed by atoms with Crippen LogP contribution in [0.15, 0.2) is 44.9 Å². The third-order valence-electron chi connectivity index (χ3n) is 2.11. The average molecular weight is 313 g/mol. The highest BCUT2D eigenvalue weighted by molar-refractivity contribution is 9.10. The van der Waals surface area contributed by atoms with E-state index in [4.69, 9.17) is 0 Å². The van der Waals surface area contributed by atoms with E-state index in [-0.39, 0.29) is 0 Å². The van der Waals surface area contributed by atoms with E-state index in [0.717, 1.165) is 27.9 Å². The molecule has 0 radical (unpaired) electrons.